The van der Waals surface area contributed by atoms with Crippen molar-refractivity contribution >= 4 is 27.5 Å². The third-order valence-electron chi connectivity index (χ3n) is 8.09. The molecular formula is C30H41N3O6S. The second-order valence-corrected chi connectivity index (χ2v) is 13.3. The molecule has 0 bridgehead atoms. The van der Waals surface area contributed by atoms with Crippen LogP contribution in [0.15, 0.2) is 47.4 Å². The second-order valence-electron chi connectivity index (χ2n) is 11.2. The predicted octanol–water partition coefficient (Wildman–Crippen LogP) is 4.05. The van der Waals surface area contributed by atoms with Gasteiger partial charge in [-0.05, 0) is 51.0 Å². The molecule has 2 aliphatic rings. The number of aliphatic hydroxyl groups is 1. The summed E-state index contributed by atoms with van der Waals surface area (Å²) in [6, 6.07) is 11.3. The average Bonchev–Trinajstić information content (AvgIpc) is 2.95. The molecule has 9 nitrogen and oxygen atoms in total. The number of hydrogen-bond acceptors (Lipinski definition) is 6. The molecule has 1 saturated carbocycles. The molecule has 218 valence electrons. The number of para-hydroxylation sites is 1. The maximum Gasteiger partial charge on any atom is 0.258 e. The fourth-order valence-electron chi connectivity index (χ4n) is 5.40. The van der Waals surface area contributed by atoms with Gasteiger partial charge in [-0.1, -0.05) is 49.9 Å². The molecule has 2 aromatic carbocycles. The lowest BCUT2D eigenvalue weighted by molar-refractivity contribution is -0.120. The standard InChI is InChI=1S/C30H41N3O6S/c1-20-13-15-24(16-14-20)40(37,38)32(4)18-27-21(2)17-33(22(3)19-34)30(36)25-11-8-12-26(28(25)39-27)31-29(35)23-9-6-5-7-10-23/h8,11-16,21-23,27,34H,5-7,9-10,17-19H2,1-4H3,(H,31,35)/t21-,22-,27+/m1/s1. The van der Waals surface area contributed by atoms with Crippen LogP contribution in [0.4, 0.5) is 5.69 Å². The van der Waals surface area contributed by atoms with Crippen molar-refractivity contribution in [3.05, 3.63) is 53.6 Å². The third kappa shape index (κ3) is 6.50. The number of fused-ring (bicyclic) bond motifs is 1. The Hall–Kier alpha value is -2.95. The number of aliphatic hydroxyl groups excluding tert-OH is 1. The minimum Gasteiger partial charge on any atom is -0.486 e. The number of nitrogens with one attached hydrogen (secondary N) is 1. The number of sulfonamides is 1. The summed E-state index contributed by atoms with van der Waals surface area (Å²) in [7, 11) is -2.29. The monoisotopic (exact) mass is 571 g/mol. The Bertz CT molecular complexity index is 1310. The van der Waals surface area contributed by atoms with E-state index in [4.69, 9.17) is 4.74 Å². The molecule has 0 radical (unpaired) electrons. The molecule has 10 heteroatoms. The number of aryl methyl sites for hydroxylation is 1. The van der Waals surface area contributed by atoms with Gasteiger partial charge < -0.3 is 20.1 Å². The van der Waals surface area contributed by atoms with Crippen LogP contribution in [0.25, 0.3) is 0 Å². The first-order valence-electron chi connectivity index (χ1n) is 14.1. The van der Waals surface area contributed by atoms with E-state index in [0.29, 0.717) is 5.69 Å². The topological polar surface area (TPSA) is 116 Å². The van der Waals surface area contributed by atoms with Gasteiger partial charge in [-0.2, -0.15) is 4.31 Å². The van der Waals surface area contributed by atoms with Crippen LogP contribution >= 0.6 is 0 Å². The Balaban J connectivity index is 1.69. The first kappa shape index (κ1) is 30.0. The van der Waals surface area contributed by atoms with E-state index in [0.717, 1.165) is 37.7 Å². The van der Waals surface area contributed by atoms with Gasteiger partial charge in [-0.15, -0.1) is 0 Å². The average molecular weight is 572 g/mol. The molecule has 4 rings (SSSR count). The lowest BCUT2D eigenvalue weighted by Crippen LogP contribution is -2.50. The molecule has 0 aromatic heterocycles. The predicted molar refractivity (Wildman–Crippen MR) is 154 cm³/mol. The Morgan fingerprint density at radius 2 is 1.82 bits per heavy atom. The highest BCUT2D eigenvalue weighted by Gasteiger charge is 2.36. The first-order valence-corrected chi connectivity index (χ1v) is 15.5. The summed E-state index contributed by atoms with van der Waals surface area (Å²) in [4.78, 5) is 28.6. The van der Waals surface area contributed by atoms with Crippen molar-refractivity contribution in [3.63, 3.8) is 0 Å². The smallest absolute Gasteiger partial charge is 0.258 e. The summed E-state index contributed by atoms with van der Waals surface area (Å²) >= 11 is 0. The summed E-state index contributed by atoms with van der Waals surface area (Å²) in [6.45, 7) is 5.63. The van der Waals surface area contributed by atoms with Crippen molar-refractivity contribution in [2.45, 2.75) is 69.9 Å². The zero-order valence-electron chi connectivity index (χ0n) is 23.8. The van der Waals surface area contributed by atoms with Crippen LogP contribution in [0, 0.1) is 18.8 Å². The zero-order valence-corrected chi connectivity index (χ0v) is 24.6. The molecule has 1 aliphatic carbocycles. The van der Waals surface area contributed by atoms with Crippen LogP contribution in [-0.4, -0.2) is 73.4 Å². The number of carbonyl (C=O) groups excluding carboxylic acids is 2. The van der Waals surface area contributed by atoms with Gasteiger partial charge >= 0.3 is 0 Å². The van der Waals surface area contributed by atoms with E-state index in [2.05, 4.69) is 5.32 Å². The van der Waals surface area contributed by atoms with Crippen LogP contribution in [0.1, 0.15) is 61.9 Å². The van der Waals surface area contributed by atoms with E-state index in [1.165, 1.54) is 11.4 Å². The number of nitrogens with zero attached hydrogens (tertiary/aromatic N) is 2. The third-order valence-corrected chi connectivity index (χ3v) is 9.93. The van der Waals surface area contributed by atoms with Crippen molar-refractivity contribution in [2.24, 2.45) is 11.8 Å². The van der Waals surface area contributed by atoms with E-state index in [1.807, 2.05) is 13.8 Å². The van der Waals surface area contributed by atoms with Crippen LogP contribution in [0.2, 0.25) is 0 Å². The molecule has 0 unspecified atom stereocenters. The maximum absolute atomic E-state index is 13.7. The molecule has 3 atom stereocenters. The number of ether oxygens (including phenoxy) is 1. The minimum absolute atomic E-state index is 0.0251. The lowest BCUT2D eigenvalue weighted by atomic mass is 9.88. The van der Waals surface area contributed by atoms with Crippen LogP contribution < -0.4 is 10.1 Å². The Morgan fingerprint density at radius 3 is 2.48 bits per heavy atom. The number of amides is 2. The molecule has 1 aliphatic heterocycles. The van der Waals surface area contributed by atoms with Gasteiger partial charge in [0.25, 0.3) is 5.91 Å². The number of likely N-dealkylation sites (N-methyl/N-ethyl adjacent to an activating group) is 1. The molecule has 0 saturated heterocycles. The molecule has 2 amide bonds. The van der Waals surface area contributed by atoms with Gasteiger partial charge in [0.2, 0.25) is 15.9 Å². The second kappa shape index (κ2) is 12.7. The Morgan fingerprint density at radius 1 is 1.15 bits per heavy atom. The summed E-state index contributed by atoms with van der Waals surface area (Å²) < 4.78 is 34.6. The number of carbonyl (C=O) groups is 2. The quantitative estimate of drug-likeness (QED) is 0.494. The number of anilines is 1. The maximum atomic E-state index is 13.7. The fourth-order valence-corrected chi connectivity index (χ4v) is 6.58. The van der Waals surface area contributed by atoms with Crippen LogP contribution in [0.3, 0.4) is 0 Å². The molecule has 2 N–H and O–H groups in total. The van der Waals surface area contributed by atoms with Crippen LogP contribution in [0.5, 0.6) is 5.75 Å². The van der Waals surface area contributed by atoms with Crippen molar-refractivity contribution in [1.29, 1.82) is 0 Å². The number of benzene rings is 2. The van der Waals surface area contributed by atoms with Gasteiger partial charge in [-0.3, -0.25) is 9.59 Å². The summed E-state index contributed by atoms with van der Waals surface area (Å²) in [6.07, 6.45) is 4.15. The van der Waals surface area contributed by atoms with Gasteiger partial charge in [0.15, 0.2) is 5.75 Å². The van der Waals surface area contributed by atoms with E-state index < -0.39 is 22.2 Å². The van der Waals surface area contributed by atoms with Gasteiger partial charge in [0.05, 0.1) is 35.3 Å². The van der Waals surface area contributed by atoms with E-state index in [9.17, 15) is 23.1 Å². The highest BCUT2D eigenvalue weighted by Crippen LogP contribution is 2.36. The van der Waals surface area contributed by atoms with Gasteiger partial charge in [-0.25, -0.2) is 8.42 Å². The van der Waals surface area contributed by atoms with Crippen molar-refractivity contribution < 1.29 is 27.9 Å². The first-order chi connectivity index (χ1) is 19.0. The largest absolute Gasteiger partial charge is 0.486 e. The summed E-state index contributed by atoms with van der Waals surface area (Å²) in [5, 5.41) is 12.9. The van der Waals surface area contributed by atoms with E-state index in [1.54, 1.807) is 54.3 Å². The Labute approximate surface area is 237 Å². The van der Waals surface area contributed by atoms with Gasteiger partial charge in [0, 0.05) is 25.4 Å². The molecule has 2 aromatic rings. The zero-order chi connectivity index (χ0) is 29.0. The molecule has 1 heterocycles. The van der Waals surface area contributed by atoms with E-state index >= 15 is 0 Å². The highest BCUT2D eigenvalue weighted by molar-refractivity contribution is 7.89. The SMILES string of the molecule is Cc1ccc(S(=O)(=O)N(C)C[C@@H]2Oc3c(NC(=O)C4CCCCC4)cccc3C(=O)N([C@H](C)CO)C[C@H]2C)cc1. The normalized spacial score (nSPS) is 21.2. The van der Waals surface area contributed by atoms with Crippen LogP contribution in [-0.2, 0) is 14.8 Å². The number of hydrogen-bond donors (Lipinski definition) is 2. The molecular weight excluding hydrogens is 530 g/mol. The fraction of sp³-hybridized carbons (Fsp3) is 0.533. The highest BCUT2D eigenvalue weighted by atomic mass is 32.2. The Kier molecular flexibility index (Phi) is 9.53. The number of rotatable bonds is 8. The van der Waals surface area contributed by atoms with Crippen molar-refractivity contribution in [1.82, 2.24) is 9.21 Å². The van der Waals surface area contributed by atoms with E-state index in [-0.39, 0.29) is 59.6 Å². The summed E-state index contributed by atoms with van der Waals surface area (Å²) in [5.74, 6) is -0.569. The van der Waals surface area contributed by atoms with Crippen molar-refractivity contribution in [2.75, 3.05) is 32.1 Å². The molecule has 40 heavy (non-hydrogen) atoms. The summed E-state index contributed by atoms with van der Waals surface area (Å²) in [5.41, 5.74) is 1.62. The van der Waals surface area contributed by atoms with Crippen molar-refractivity contribution in [3.8, 4) is 5.75 Å². The lowest BCUT2D eigenvalue weighted by Gasteiger charge is -2.38. The van der Waals surface area contributed by atoms with Gasteiger partial charge in [0.1, 0.15) is 6.10 Å². The molecule has 1 fully saturated rings. The minimum atomic E-state index is -3.80. The molecule has 0 spiro atoms.